The fraction of sp³-hybridized carbons (Fsp3) is 0.278. The lowest BCUT2D eigenvalue weighted by molar-refractivity contribution is 0.693. The molecule has 0 unspecified atom stereocenters. The van der Waals surface area contributed by atoms with Crippen LogP contribution in [-0.2, 0) is 25.9 Å². The number of aromatic nitrogens is 2. The van der Waals surface area contributed by atoms with Crippen molar-refractivity contribution in [1.29, 1.82) is 0 Å². The molecule has 0 saturated carbocycles. The number of rotatable bonds is 3. The molecule has 0 radical (unpaired) electrons. The van der Waals surface area contributed by atoms with E-state index in [1.807, 2.05) is 6.07 Å². The summed E-state index contributed by atoms with van der Waals surface area (Å²) in [6.45, 7) is 1.30. The molecule has 0 aliphatic heterocycles. The normalized spacial score (nSPS) is 13.8. The summed E-state index contributed by atoms with van der Waals surface area (Å²) in [5.74, 6) is 0. The summed E-state index contributed by atoms with van der Waals surface area (Å²) >= 11 is 0. The molecule has 0 amide bonds. The average Bonchev–Trinajstić information content (AvgIpc) is 3.12. The molecular formula is C18H19N3. The largest absolute Gasteiger partial charge is 0.325 e. The van der Waals surface area contributed by atoms with Crippen molar-refractivity contribution in [2.75, 3.05) is 0 Å². The monoisotopic (exact) mass is 277 g/mol. The van der Waals surface area contributed by atoms with Crippen LogP contribution in [-0.4, -0.2) is 9.78 Å². The van der Waals surface area contributed by atoms with Crippen LogP contribution in [0.15, 0.2) is 42.5 Å². The van der Waals surface area contributed by atoms with Crippen LogP contribution < -0.4 is 5.73 Å². The van der Waals surface area contributed by atoms with Gasteiger partial charge in [-0.3, -0.25) is 4.68 Å². The van der Waals surface area contributed by atoms with Gasteiger partial charge in [-0.2, -0.15) is 5.10 Å². The van der Waals surface area contributed by atoms with Gasteiger partial charge in [0.05, 0.1) is 17.8 Å². The van der Waals surface area contributed by atoms with E-state index in [0.717, 1.165) is 12.2 Å². The van der Waals surface area contributed by atoms with Crippen molar-refractivity contribution in [2.45, 2.75) is 32.4 Å². The highest BCUT2D eigenvalue weighted by Crippen LogP contribution is 2.24. The summed E-state index contributed by atoms with van der Waals surface area (Å²) in [4.78, 5) is 0. The zero-order valence-corrected chi connectivity index (χ0v) is 12.0. The van der Waals surface area contributed by atoms with Gasteiger partial charge in [-0.1, -0.05) is 36.4 Å². The number of fused-ring (bicyclic) bond motifs is 2. The van der Waals surface area contributed by atoms with Gasteiger partial charge in [0, 0.05) is 11.9 Å². The number of hydrogen-bond donors (Lipinski definition) is 1. The minimum absolute atomic E-state index is 0.484. The molecule has 0 spiro atoms. The SMILES string of the molecule is NCc1nn(Cc2ccc3c(c2)CCC3)c2ccccc12. The zero-order chi connectivity index (χ0) is 14.2. The third-order valence-corrected chi connectivity index (χ3v) is 4.42. The first-order valence-corrected chi connectivity index (χ1v) is 7.60. The van der Waals surface area contributed by atoms with Gasteiger partial charge in [0.2, 0.25) is 0 Å². The molecule has 0 fully saturated rings. The second kappa shape index (κ2) is 5.01. The van der Waals surface area contributed by atoms with E-state index >= 15 is 0 Å². The van der Waals surface area contributed by atoms with Gasteiger partial charge in [-0.15, -0.1) is 0 Å². The molecule has 2 N–H and O–H groups in total. The first-order valence-electron chi connectivity index (χ1n) is 7.60. The summed E-state index contributed by atoms with van der Waals surface area (Å²) in [6.07, 6.45) is 3.75. The first kappa shape index (κ1) is 12.6. The highest BCUT2D eigenvalue weighted by molar-refractivity contribution is 5.82. The number of para-hydroxylation sites is 1. The Bertz CT molecular complexity index is 801. The number of benzene rings is 2. The van der Waals surface area contributed by atoms with Crippen LogP contribution >= 0.6 is 0 Å². The highest BCUT2D eigenvalue weighted by Gasteiger charge is 2.13. The lowest BCUT2D eigenvalue weighted by Crippen LogP contribution is -2.04. The van der Waals surface area contributed by atoms with Gasteiger partial charge in [-0.25, -0.2) is 0 Å². The third kappa shape index (κ3) is 2.14. The lowest BCUT2D eigenvalue weighted by Gasteiger charge is -2.06. The third-order valence-electron chi connectivity index (χ3n) is 4.42. The van der Waals surface area contributed by atoms with E-state index in [1.54, 1.807) is 0 Å². The first-order chi connectivity index (χ1) is 10.3. The molecule has 21 heavy (non-hydrogen) atoms. The molecule has 3 nitrogen and oxygen atoms in total. The maximum absolute atomic E-state index is 5.82. The fourth-order valence-corrected chi connectivity index (χ4v) is 3.36. The molecule has 3 aromatic rings. The standard InChI is InChI=1S/C18H19N3/c19-11-17-16-6-1-2-7-18(16)21(20-17)12-13-8-9-14-4-3-5-15(14)10-13/h1-2,6-10H,3-5,11-12,19H2. The van der Waals surface area contributed by atoms with Crippen LogP contribution in [0, 0.1) is 0 Å². The Morgan fingerprint density at radius 3 is 2.81 bits per heavy atom. The summed E-state index contributed by atoms with van der Waals surface area (Å²) in [5.41, 5.74) is 12.3. The van der Waals surface area contributed by atoms with E-state index in [4.69, 9.17) is 5.73 Å². The van der Waals surface area contributed by atoms with Crippen molar-refractivity contribution in [3.05, 3.63) is 64.8 Å². The second-order valence-electron chi connectivity index (χ2n) is 5.78. The van der Waals surface area contributed by atoms with Crippen LogP contribution in [0.3, 0.4) is 0 Å². The molecule has 106 valence electrons. The number of nitrogens with two attached hydrogens (primary N) is 1. The quantitative estimate of drug-likeness (QED) is 0.799. The predicted molar refractivity (Wildman–Crippen MR) is 85.2 cm³/mol. The van der Waals surface area contributed by atoms with E-state index in [1.165, 1.54) is 46.9 Å². The molecule has 0 bridgehead atoms. The Labute approximate surface area is 124 Å². The molecule has 1 heterocycles. The average molecular weight is 277 g/mol. The van der Waals surface area contributed by atoms with Crippen LogP contribution in [0.4, 0.5) is 0 Å². The Hall–Kier alpha value is -2.13. The van der Waals surface area contributed by atoms with Crippen molar-refractivity contribution in [2.24, 2.45) is 5.73 Å². The number of hydrogen-bond acceptors (Lipinski definition) is 2. The predicted octanol–water partition coefficient (Wildman–Crippen LogP) is 3.03. The smallest absolute Gasteiger partial charge is 0.0839 e. The van der Waals surface area contributed by atoms with Gasteiger partial charge in [0.15, 0.2) is 0 Å². The summed E-state index contributed by atoms with van der Waals surface area (Å²) in [5, 5.41) is 5.86. The van der Waals surface area contributed by atoms with Crippen molar-refractivity contribution < 1.29 is 0 Å². The van der Waals surface area contributed by atoms with Crippen molar-refractivity contribution >= 4 is 10.9 Å². The Morgan fingerprint density at radius 2 is 1.90 bits per heavy atom. The van der Waals surface area contributed by atoms with E-state index in [0.29, 0.717) is 6.54 Å². The molecule has 4 rings (SSSR count). The lowest BCUT2D eigenvalue weighted by atomic mass is 10.1. The van der Waals surface area contributed by atoms with Crippen molar-refractivity contribution in [3.8, 4) is 0 Å². The summed E-state index contributed by atoms with van der Waals surface area (Å²) in [7, 11) is 0. The molecule has 2 aromatic carbocycles. The molecule has 3 heteroatoms. The Morgan fingerprint density at radius 1 is 1.05 bits per heavy atom. The highest BCUT2D eigenvalue weighted by atomic mass is 15.3. The van der Waals surface area contributed by atoms with E-state index in [2.05, 4.69) is 46.2 Å². The van der Waals surface area contributed by atoms with Gasteiger partial charge < -0.3 is 5.73 Å². The van der Waals surface area contributed by atoms with E-state index < -0.39 is 0 Å². The van der Waals surface area contributed by atoms with Crippen LogP contribution in [0.2, 0.25) is 0 Å². The Balaban J connectivity index is 1.74. The van der Waals surface area contributed by atoms with Gasteiger partial charge >= 0.3 is 0 Å². The van der Waals surface area contributed by atoms with Crippen molar-refractivity contribution in [1.82, 2.24) is 9.78 Å². The Kier molecular flexibility index (Phi) is 3.00. The molecule has 1 aliphatic rings. The van der Waals surface area contributed by atoms with Crippen LogP contribution in [0.1, 0.15) is 28.8 Å². The maximum Gasteiger partial charge on any atom is 0.0839 e. The molecular weight excluding hydrogens is 258 g/mol. The fourth-order valence-electron chi connectivity index (χ4n) is 3.36. The van der Waals surface area contributed by atoms with Crippen LogP contribution in [0.25, 0.3) is 10.9 Å². The topological polar surface area (TPSA) is 43.8 Å². The second-order valence-corrected chi connectivity index (χ2v) is 5.78. The van der Waals surface area contributed by atoms with E-state index in [-0.39, 0.29) is 0 Å². The zero-order valence-electron chi connectivity index (χ0n) is 12.0. The molecule has 1 aromatic heterocycles. The molecule has 1 aliphatic carbocycles. The van der Waals surface area contributed by atoms with Gasteiger partial charge in [-0.05, 0) is 42.0 Å². The summed E-state index contributed by atoms with van der Waals surface area (Å²) < 4.78 is 2.08. The van der Waals surface area contributed by atoms with Crippen LogP contribution in [0.5, 0.6) is 0 Å². The molecule has 0 atom stereocenters. The van der Waals surface area contributed by atoms with Crippen molar-refractivity contribution in [3.63, 3.8) is 0 Å². The minimum Gasteiger partial charge on any atom is -0.325 e. The van der Waals surface area contributed by atoms with E-state index in [9.17, 15) is 0 Å². The van der Waals surface area contributed by atoms with Gasteiger partial charge in [0.25, 0.3) is 0 Å². The number of nitrogens with zero attached hydrogens (tertiary/aromatic N) is 2. The maximum atomic E-state index is 5.82. The summed E-state index contributed by atoms with van der Waals surface area (Å²) in [6, 6.07) is 15.2. The number of aryl methyl sites for hydroxylation is 2. The molecule has 0 saturated heterocycles. The minimum atomic E-state index is 0.484. The van der Waals surface area contributed by atoms with Gasteiger partial charge in [0.1, 0.15) is 0 Å².